The van der Waals surface area contributed by atoms with Crippen molar-refractivity contribution in [1.29, 1.82) is 0 Å². The molecule has 0 bridgehead atoms. The third-order valence-corrected chi connectivity index (χ3v) is 3.83. The molecule has 1 aromatic carbocycles. The number of amides is 1. The molecule has 0 aliphatic carbocycles. The SMILES string of the molecule is COc1ccccc1Oc1ccc(NC(=O)Cn2cccc(C)c2=O)cn1. The summed E-state index contributed by atoms with van der Waals surface area (Å²) in [6, 6.07) is 14.0. The molecule has 0 radical (unpaired) electrons. The molecule has 2 heterocycles. The fourth-order valence-corrected chi connectivity index (χ4v) is 2.47. The molecule has 0 spiro atoms. The number of hydrogen-bond donors (Lipinski definition) is 1. The summed E-state index contributed by atoms with van der Waals surface area (Å²) in [5.74, 6) is 1.19. The molecule has 3 aromatic rings. The fourth-order valence-electron chi connectivity index (χ4n) is 2.47. The molecule has 0 unspecified atom stereocenters. The van der Waals surface area contributed by atoms with Gasteiger partial charge in [-0.25, -0.2) is 4.98 Å². The highest BCUT2D eigenvalue weighted by Gasteiger charge is 2.08. The van der Waals surface area contributed by atoms with Crippen molar-refractivity contribution in [2.75, 3.05) is 12.4 Å². The molecule has 0 saturated carbocycles. The van der Waals surface area contributed by atoms with Crippen molar-refractivity contribution in [2.45, 2.75) is 13.5 Å². The number of anilines is 1. The second kappa shape index (κ2) is 8.18. The van der Waals surface area contributed by atoms with Gasteiger partial charge >= 0.3 is 0 Å². The zero-order valence-electron chi connectivity index (χ0n) is 15.0. The van der Waals surface area contributed by atoms with Crippen LogP contribution in [0.1, 0.15) is 5.56 Å². The highest BCUT2D eigenvalue weighted by atomic mass is 16.5. The van der Waals surface area contributed by atoms with E-state index in [1.54, 1.807) is 56.6 Å². The van der Waals surface area contributed by atoms with Crippen LogP contribution in [0.5, 0.6) is 17.4 Å². The van der Waals surface area contributed by atoms with Crippen LogP contribution in [0.15, 0.2) is 65.7 Å². The second-order valence-electron chi connectivity index (χ2n) is 5.81. The smallest absolute Gasteiger partial charge is 0.253 e. The Balaban J connectivity index is 1.64. The Hall–Kier alpha value is -3.61. The van der Waals surface area contributed by atoms with Crippen LogP contribution >= 0.6 is 0 Å². The summed E-state index contributed by atoms with van der Waals surface area (Å²) in [7, 11) is 1.56. The Morgan fingerprint density at radius 3 is 2.59 bits per heavy atom. The first-order valence-electron chi connectivity index (χ1n) is 8.29. The summed E-state index contributed by atoms with van der Waals surface area (Å²) in [6.07, 6.45) is 3.07. The third-order valence-electron chi connectivity index (χ3n) is 3.83. The number of aromatic nitrogens is 2. The van der Waals surface area contributed by atoms with Crippen LogP contribution in [0.4, 0.5) is 5.69 Å². The molecule has 0 aliphatic rings. The molecule has 138 valence electrons. The Kier molecular flexibility index (Phi) is 5.51. The van der Waals surface area contributed by atoms with Crippen molar-refractivity contribution in [3.8, 4) is 17.4 Å². The van der Waals surface area contributed by atoms with Crippen molar-refractivity contribution in [1.82, 2.24) is 9.55 Å². The number of benzene rings is 1. The van der Waals surface area contributed by atoms with E-state index in [0.717, 1.165) is 0 Å². The second-order valence-corrected chi connectivity index (χ2v) is 5.81. The number of carbonyl (C=O) groups is 1. The molecule has 0 saturated heterocycles. The van der Waals surface area contributed by atoms with Gasteiger partial charge in [0.15, 0.2) is 11.5 Å². The number of para-hydroxylation sites is 2. The summed E-state index contributed by atoms with van der Waals surface area (Å²) in [5, 5.41) is 2.71. The number of hydrogen-bond acceptors (Lipinski definition) is 5. The highest BCUT2D eigenvalue weighted by Crippen LogP contribution is 2.30. The van der Waals surface area contributed by atoms with E-state index in [4.69, 9.17) is 9.47 Å². The molecule has 7 nitrogen and oxygen atoms in total. The number of methoxy groups -OCH3 is 1. The van der Waals surface area contributed by atoms with Gasteiger partial charge in [0.1, 0.15) is 6.54 Å². The zero-order valence-corrected chi connectivity index (χ0v) is 15.0. The van der Waals surface area contributed by atoms with Crippen LogP contribution in [0.25, 0.3) is 0 Å². The lowest BCUT2D eigenvalue weighted by Gasteiger charge is -2.10. The predicted molar refractivity (Wildman–Crippen MR) is 101 cm³/mol. The number of ether oxygens (including phenoxy) is 2. The minimum absolute atomic E-state index is 0.0695. The van der Waals surface area contributed by atoms with Crippen molar-refractivity contribution in [3.05, 3.63) is 76.8 Å². The van der Waals surface area contributed by atoms with Crippen molar-refractivity contribution in [2.24, 2.45) is 0 Å². The third kappa shape index (κ3) is 4.52. The summed E-state index contributed by atoms with van der Waals surface area (Å²) in [6.45, 7) is 1.64. The normalized spacial score (nSPS) is 10.3. The summed E-state index contributed by atoms with van der Waals surface area (Å²) < 4.78 is 12.3. The molecular formula is C20H19N3O4. The maximum absolute atomic E-state index is 12.2. The summed E-state index contributed by atoms with van der Waals surface area (Å²) in [5.41, 5.74) is 0.907. The average molecular weight is 365 g/mol. The van der Waals surface area contributed by atoms with E-state index in [1.165, 1.54) is 10.8 Å². The zero-order chi connectivity index (χ0) is 19.2. The predicted octanol–water partition coefficient (Wildman–Crippen LogP) is 2.99. The van der Waals surface area contributed by atoms with Crippen LogP contribution in [-0.4, -0.2) is 22.6 Å². The standard InChI is InChI=1S/C20H19N3O4/c1-14-6-5-11-23(20(14)25)13-18(24)22-15-9-10-19(21-12-15)27-17-8-4-3-7-16(17)26-2/h3-12H,13H2,1-2H3,(H,22,24). The summed E-state index contributed by atoms with van der Waals surface area (Å²) in [4.78, 5) is 28.3. The minimum Gasteiger partial charge on any atom is -0.493 e. The van der Waals surface area contributed by atoms with Crippen LogP contribution in [0.2, 0.25) is 0 Å². The van der Waals surface area contributed by atoms with Gasteiger partial charge in [0, 0.05) is 17.8 Å². The Bertz CT molecular complexity index is 997. The molecule has 3 rings (SSSR count). The largest absolute Gasteiger partial charge is 0.493 e. The van der Waals surface area contributed by atoms with Gasteiger partial charge < -0.3 is 19.4 Å². The van der Waals surface area contributed by atoms with Gasteiger partial charge in [0.25, 0.3) is 5.56 Å². The van der Waals surface area contributed by atoms with E-state index in [-0.39, 0.29) is 18.0 Å². The average Bonchev–Trinajstić information content (AvgIpc) is 2.67. The maximum atomic E-state index is 12.2. The van der Waals surface area contributed by atoms with Gasteiger partial charge in [-0.15, -0.1) is 0 Å². The van der Waals surface area contributed by atoms with Crippen LogP contribution in [0.3, 0.4) is 0 Å². The molecule has 2 aromatic heterocycles. The van der Waals surface area contributed by atoms with Gasteiger partial charge in [-0.2, -0.15) is 0 Å². The van der Waals surface area contributed by atoms with E-state index in [1.807, 2.05) is 12.1 Å². The quantitative estimate of drug-likeness (QED) is 0.726. The number of rotatable bonds is 6. The first-order valence-corrected chi connectivity index (χ1v) is 8.29. The van der Waals surface area contributed by atoms with Crippen LogP contribution in [-0.2, 0) is 11.3 Å². The van der Waals surface area contributed by atoms with Crippen molar-refractivity contribution >= 4 is 11.6 Å². The van der Waals surface area contributed by atoms with Gasteiger partial charge in [-0.3, -0.25) is 9.59 Å². The summed E-state index contributed by atoms with van der Waals surface area (Å²) >= 11 is 0. The lowest BCUT2D eigenvalue weighted by molar-refractivity contribution is -0.116. The van der Waals surface area contributed by atoms with Gasteiger partial charge in [0.05, 0.1) is 19.0 Å². The highest BCUT2D eigenvalue weighted by molar-refractivity contribution is 5.90. The molecule has 27 heavy (non-hydrogen) atoms. The number of nitrogens with zero attached hydrogens (tertiary/aromatic N) is 2. The van der Waals surface area contributed by atoms with E-state index < -0.39 is 0 Å². The molecule has 0 atom stereocenters. The molecular weight excluding hydrogens is 346 g/mol. The Morgan fingerprint density at radius 1 is 1.11 bits per heavy atom. The monoisotopic (exact) mass is 365 g/mol. The number of aryl methyl sites for hydroxylation is 1. The molecule has 7 heteroatoms. The first kappa shape index (κ1) is 18.2. The van der Waals surface area contributed by atoms with E-state index in [2.05, 4.69) is 10.3 Å². The number of carbonyl (C=O) groups excluding carboxylic acids is 1. The topological polar surface area (TPSA) is 82.5 Å². The van der Waals surface area contributed by atoms with Crippen LogP contribution in [0, 0.1) is 6.92 Å². The van der Waals surface area contributed by atoms with E-state index >= 15 is 0 Å². The number of pyridine rings is 2. The minimum atomic E-state index is -0.317. The van der Waals surface area contributed by atoms with Crippen molar-refractivity contribution in [3.63, 3.8) is 0 Å². The van der Waals surface area contributed by atoms with Crippen molar-refractivity contribution < 1.29 is 14.3 Å². The molecule has 0 aliphatic heterocycles. The maximum Gasteiger partial charge on any atom is 0.253 e. The fraction of sp³-hybridized carbons (Fsp3) is 0.150. The molecule has 0 fully saturated rings. The van der Waals surface area contributed by atoms with E-state index in [0.29, 0.717) is 28.6 Å². The Labute approximate surface area is 156 Å². The van der Waals surface area contributed by atoms with Gasteiger partial charge in [0.2, 0.25) is 11.8 Å². The van der Waals surface area contributed by atoms with Gasteiger partial charge in [-0.1, -0.05) is 18.2 Å². The van der Waals surface area contributed by atoms with E-state index in [9.17, 15) is 9.59 Å². The molecule has 1 amide bonds. The molecule has 1 N–H and O–H groups in total. The number of nitrogens with one attached hydrogen (secondary N) is 1. The lowest BCUT2D eigenvalue weighted by atomic mass is 10.3. The van der Waals surface area contributed by atoms with Gasteiger partial charge in [-0.05, 0) is 31.2 Å². The first-order chi connectivity index (χ1) is 13.1. The Morgan fingerprint density at radius 2 is 1.89 bits per heavy atom. The van der Waals surface area contributed by atoms with Crippen LogP contribution < -0.4 is 20.3 Å². The lowest BCUT2D eigenvalue weighted by Crippen LogP contribution is -2.28.